The second-order valence-electron chi connectivity index (χ2n) is 3.45. The lowest BCUT2D eigenvalue weighted by molar-refractivity contribution is 0.199. The summed E-state index contributed by atoms with van der Waals surface area (Å²) in [4.78, 5) is 1.26. The summed E-state index contributed by atoms with van der Waals surface area (Å²) in [6.07, 6.45) is 2.13. The monoisotopic (exact) mass is 210 g/mol. The number of rotatable bonds is 5. The Morgan fingerprint density at radius 1 is 1.43 bits per heavy atom. The van der Waals surface area contributed by atoms with Crippen molar-refractivity contribution >= 4 is 11.8 Å². The van der Waals surface area contributed by atoms with Crippen LogP contribution in [-0.2, 0) is 0 Å². The lowest BCUT2D eigenvalue weighted by Crippen LogP contribution is -1.90. The molecule has 0 bridgehead atoms. The molecular formula is C12H18OS. The van der Waals surface area contributed by atoms with Gasteiger partial charge in [0, 0.05) is 4.90 Å². The molecule has 0 aliphatic heterocycles. The van der Waals surface area contributed by atoms with Crippen LogP contribution in [0.3, 0.4) is 0 Å². The fourth-order valence-corrected chi connectivity index (χ4v) is 2.26. The Morgan fingerprint density at radius 3 is 2.86 bits per heavy atom. The summed E-state index contributed by atoms with van der Waals surface area (Å²) in [5, 5.41) is 9.41. The molecular weight excluding hydrogens is 192 g/mol. The number of hydrogen-bond donors (Lipinski definition) is 1. The lowest BCUT2D eigenvalue weighted by atomic mass is 10.1. The minimum atomic E-state index is -0.360. The molecule has 0 spiro atoms. The highest BCUT2D eigenvalue weighted by Gasteiger charge is 2.01. The van der Waals surface area contributed by atoms with E-state index in [4.69, 9.17) is 0 Å². The Hall–Kier alpha value is -0.470. The van der Waals surface area contributed by atoms with Gasteiger partial charge in [0.25, 0.3) is 0 Å². The highest BCUT2D eigenvalue weighted by molar-refractivity contribution is 7.99. The molecule has 0 amide bonds. The molecule has 1 atom stereocenters. The van der Waals surface area contributed by atoms with Gasteiger partial charge in [-0.25, -0.2) is 0 Å². The van der Waals surface area contributed by atoms with Crippen LogP contribution in [0.2, 0.25) is 0 Å². The van der Waals surface area contributed by atoms with Crippen LogP contribution in [0, 0.1) is 0 Å². The molecule has 1 aromatic rings. The zero-order valence-corrected chi connectivity index (χ0v) is 9.68. The second-order valence-corrected chi connectivity index (χ2v) is 4.62. The van der Waals surface area contributed by atoms with Crippen LogP contribution in [0.5, 0.6) is 0 Å². The molecule has 0 saturated heterocycles. The van der Waals surface area contributed by atoms with Crippen LogP contribution in [0.1, 0.15) is 38.4 Å². The highest BCUT2D eigenvalue weighted by atomic mass is 32.2. The van der Waals surface area contributed by atoms with Gasteiger partial charge in [-0.05, 0) is 36.8 Å². The molecule has 0 saturated carbocycles. The quantitative estimate of drug-likeness (QED) is 0.591. The molecule has 0 fully saturated rings. The van der Waals surface area contributed by atoms with Crippen LogP contribution in [0.4, 0.5) is 0 Å². The van der Waals surface area contributed by atoms with Gasteiger partial charge in [-0.3, -0.25) is 0 Å². The SMILES string of the molecule is CCCCSc1cccc([C@H](C)O)c1. The van der Waals surface area contributed by atoms with Crippen LogP contribution in [-0.4, -0.2) is 10.9 Å². The summed E-state index contributed by atoms with van der Waals surface area (Å²) in [6, 6.07) is 8.15. The Balaban J connectivity index is 2.55. The van der Waals surface area contributed by atoms with Gasteiger partial charge in [-0.1, -0.05) is 25.5 Å². The fraction of sp³-hybridized carbons (Fsp3) is 0.500. The van der Waals surface area contributed by atoms with Gasteiger partial charge in [0.05, 0.1) is 6.10 Å². The Kier molecular flexibility index (Phi) is 5.05. The molecule has 0 aliphatic carbocycles. The number of hydrogen-bond acceptors (Lipinski definition) is 2. The van der Waals surface area contributed by atoms with Crippen molar-refractivity contribution in [3.63, 3.8) is 0 Å². The third kappa shape index (κ3) is 3.72. The van der Waals surface area contributed by atoms with E-state index in [2.05, 4.69) is 19.1 Å². The maximum absolute atomic E-state index is 9.41. The molecule has 0 aromatic heterocycles. The first-order valence-electron chi connectivity index (χ1n) is 5.15. The molecule has 0 heterocycles. The third-order valence-corrected chi connectivity index (χ3v) is 3.19. The zero-order chi connectivity index (χ0) is 10.4. The van der Waals surface area contributed by atoms with Gasteiger partial charge in [-0.2, -0.15) is 0 Å². The van der Waals surface area contributed by atoms with Crippen molar-refractivity contribution in [2.24, 2.45) is 0 Å². The van der Waals surface area contributed by atoms with Gasteiger partial charge in [0.1, 0.15) is 0 Å². The summed E-state index contributed by atoms with van der Waals surface area (Å²) < 4.78 is 0. The largest absolute Gasteiger partial charge is 0.389 e. The molecule has 78 valence electrons. The predicted molar refractivity (Wildman–Crippen MR) is 62.7 cm³/mol. The van der Waals surface area contributed by atoms with Gasteiger partial charge in [0.15, 0.2) is 0 Å². The van der Waals surface area contributed by atoms with Crippen molar-refractivity contribution < 1.29 is 5.11 Å². The molecule has 1 nitrogen and oxygen atoms in total. The van der Waals surface area contributed by atoms with Gasteiger partial charge >= 0.3 is 0 Å². The summed E-state index contributed by atoms with van der Waals surface area (Å²) >= 11 is 1.87. The maximum atomic E-state index is 9.41. The highest BCUT2D eigenvalue weighted by Crippen LogP contribution is 2.22. The summed E-state index contributed by atoms with van der Waals surface area (Å²) in [6.45, 7) is 4.00. The topological polar surface area (TPSA) is 20.2 Å². The average molecular weight is 210 g/mol. The summed E-state index contributed by atoms with van der Waals surface area (Å²) in [5.74, 6) is 1.17. The van der Waals surface area contributed by atoms with Crippen LogP contribution in [0.15, 0.2) is 29.2 Å². The molecule has 1 rings (SSSR count). The number of aliphatic hydroxyl groups is 1. The normalized spacial score (nSPS) is 12.8. The fourth-order valence-electron chi connectivity index (χ4n) is 1.20. The van der Waals surface area contributed by atoms with E-state index in [9.17, 15) is 5.11 Å². The molecule has 1 N–H and O–H groups in total. The Labute approximate surface area is 90.5 Å². The molecule has 0 aliphatic rings. The van der Waals surface area contributed by atoms with Gasteiger partial charge < -0.3 is 5.11 Å². The average Bonchev–Trinajstić information content (AvgIpc) is 2.19. The van der Waals surface area contributed by atoms with E-state index >= 15 is 0 Å². The molecule has 14 heavy (non-hydrogen) atoms. The second kappa shape index (κ2) is 6.10. The van der Waals surface area contributed by atoms with E-state index in [0.717, 1.165) is 5.56 Å². The summed E-state index contributed by atoms with van der Waals surface area (Å²) in [7, 11) is 0. The number of aliphatic hydroxyl groups excluding tert-OH is 1. The molecule has 0 unspecified atom stereocenters. The zero-order valence-electron chi connectivity index (χ0n) is 8.86. The number of benzene rings is 1. The molecule has 2 heteroatoms. The first-order valence-corrected chi connectivity index (χ1v) is 6.13. The van der Waals surface area contributed by atoms with Crippen LogP contribution < -0.4 is 0 Å². The van der Waals surface area contributed by atoms with Crippen molar-refractivity contribution in [3.05, 3.63) is 29.8 Å². The molecule has 0 radical (unpaired) electrons. The van der Waals surface area contributed by atoms with Crippen molar-refractivity contribution in [2.45, 2.75) is 37.7 Å². The van der Waals surface area contributed by atoms with E-state index in [-0.39, 0.29) is 6.10 Å². The predicted octanol–water partition coefficient (Wildman–Crippen LogP) is 3.63. The van der Waals surface area contributed by atoms with E-state index in [1.165, 1.54) is 23.5 Å². The standard InChI is InChI=1S/C12H18OS/c1-3-4-8-14-12-7-5-6-11(9-12)10(2)13/h5-7,9-10,13H,3-4,8H2,1-2H3/t10-/m0/s1. The first-order chi connectivity index (χ1) is 6.74. The van der Waals surface area contributed by atoms with Crippen molar-refractivity contribution in [2.75, 3.05) is 5.75 Å². The van der Waals surface area contributed by atoms with E-state index in [1.807, 2.05) is 23.9 Å². The smallest absolute Gasteiger partial charge is 0.0762 e. The Morgan fingerprint density at radius 2 is 2.21 bits per heavy atom. The van der Waals surface area contributed by atoms with E-state index in [0.29, 0.717) is 0 Å². The third-order valence-electron chi connectivity index (χ3n) is 2.11. The van der Waals surface area contributed by atoms with E-state index in [1.54, 1.807) is 6.92 Å². The minimum Gasteiger partial charge on any atom is -0.389 e. The van der Waals surface area contributed by atoms with Crippen molar-refractivity contribution in [3.8, 4) is 0 Å². The number of unbranched alkanes of at least 4 members (excludes halogenated alkanes) is 1. The van der Waals surface area contributed by atoms with Crippen LogP contribution in [0.25, 0.3) is 0 Å². The first kappa shape index (κ1) is 11.6. The lowest BCUT2D eigenvalue weighted by Gasteiger charge is -2.06. The molecule has 1 aromatic carbocycles. The minimum absolute atomic E-state index is 0.360. The van der Waals surface area contributed by atoms with Crippen molar-refractivity contribution in [1.82, 2.24) is 0 Å². The van der Waals surface area contributed by atoms with E-state index < -0.39 is 0 Å². The Bertz CT molecular complexity index is 271. The van der Waals surface area contributed by atoms with Crippen LogP contribution >= 0.6 is 11.8 Å². The number of thioether (sulfide) groups is 1. The van der Waals surface area contributed by atoms with Crippen molar-refractivity contribution in [1.29, 1.82) is 0 Å². The van der Waals surface area contributed by atoms with Gasteiger partial charge in [0.2, 0.25) is 0 Å². The van der Waals surface area contributed by atoms with Gasteiger partial charge in [-0.15, -0.1) is 11.8 Å². The summed E-state index contributed by atoms with van der Waals surface area (Å²) in [5.41, 5.74) is 1.01. The maximum Gasteiger partial charge on any atom is 0.0762 e.